The molecule has 1 aromatic heterocycles. The fourth-order valence-electron chi connectivity index (χ4n) is 2.08. The molecule has 2 rings (SSSR count). The van der Waals surface area contributed by atoms with Crippen LogP contribution in [0.15, 0.2) is 36.4 Å². The highest BCUT2D eigenvalue weighted by molar-refractivity contribution is 5.47. The number of aryl methyl sites for hydroxylation is 1. The molecule has 2 aromatic rings. The number of nitrogens with two attached hydrogens (primary N) is 1. The third-order valence-corrected chi connectivity index (χ3v) is 3.16. The Labute approximate surface area is 125 Å². The van der Waals surface area contributed by atoms with Gasteiger partial charge in [0.05, 0.1) is 0 Å². The lowest BCUT2D eigenvalue weighted by atomic mass is 10.3. The third kappa shape index (κ3) is 4.61. The van der Waals surface area contributed by atoms with E-state index in [0.717, 1.165) is 25.3 Å². The lowest BCUT2D eigenvalue weighted by Gasteiger charge is -2.19. The highest BCUT2D eigenvalue weighted by Gasteiger charge is 2.02. The molecule has 0 unspecified atom stereocenters. The van der Waals surface area contributed by atoms with E-state index in [9.17, 15) is 0 Å². The number of nitrogens with zero attached hydrogens (tertiary/aromatic N) is 3. The van der Waals surface area contributed by atoms with Gasteiger partial charge in [0.1, 0.15) is 17.5 Å². The number of para-hydroxylation sites is 1. The van der Waals surface area contributed by atoms with Crippen molar-refractivity contribution >= 4 is 17.3 Å². The van der Waals surface area contributed by atoms with Gasteiger partial charge in [0.2, 0.25) is 0 Å². The first-order chi connectivity index (χ1) is 10.2. The monoisotopic (exact) mass is 286 g/mol. The van der Waals surface area contributed by atoms with Gasteiger partial charge in [-0.3, -0.25) is 0 Å². The molecule has 0 radical (unpaired) electrons. The molecular formula is C15H22N6. The number of anilines is 3. The molecule has 0 spiro atoms. The zero-order valence-corrected chi connectivity index (χ0v) is 12.5. The van der Waals surface area contributed by atoms with Crippen molar-refractivity contribution in [2.75, 3.05) is 35.8 Å². The highest BCUT2D eigenvalue weighted by Crippen LogP contribution is 2.12. The van der Waals surface area contributed by atoms with Crippen molar-refractivity contribution in [1.29, 1.82) is 0 Å². The number of rotatable bonds is 7. The van der Waals surface area contributed by atoms with Gasteiger partial charge < -0.3 is 15.6 Å². The molecule has 0 atom stereocenters. The van der Waals surface area contributed by atoms with Crippen LogP contribution in [0.25, 0.3) is 0 Å². The number of hydrogen-bond acceptors (Lipinski definition) is 6. The molecule has 0 aliphatic rings. The Bertz CT molecular complexity index is 557. The summed E-state index contributed by atoms with van der Waals surface area (Å²) in [7, 11) is 2.10. The molecule has 0 bridgehead atoms. The Morgan fingerprint density at radius 3 is 2.57 bits per heavy atom. The second-order valence-electron chi connectivity index (χ2n) is 4.87. The first kappa shape index (κ1) is 15.1. The van der Waals surface area contributed by atoms with Crippen LogP contribution in [0.4, 0.5) is 17.3 Å². The van der Waals surface area contributed by atoms with Gasteiger partial charge in [-0.15, -0.1) is 0 Å². The van der Waals surface area contributed by atoms with Crippen molar-refractivity contribution in [1.82, 2.24) is 9.97 Å². The standard InChI is InChI=1S/C15H22N6/c1-12-18-14(11-15(19-12)20-16)17-9-6-10-21(2)13-7-4-3-5-8-13/h3-5,7-8,11H,6,9-10,16H2,1-2H3,(H2,17,18,19,20). The second-order valence-corrected chi connectivity index (χ2v) is 4.87. The van der Waals surface area contributed by atoms with Crippen LogP contribution < -0.4 is 21.5 Å². The molecule has 112 valence electrons. The number of hydrogen-bond donors (Lipinski definition) is 3. The summed E-state index contributed by atoms with van der Waals surface area (Å²) < 4.78 is 0. The first-order valence-corrected chi connectivity index (χ1v) is 7.01. The summed E-state index contributed by atoms with van der Waals surface area (Å²) in [5, 5.41) is 3.29. The van der Waals surface area contributed by atoms with Crippen LogP contribution in [0.1, 0.15) is 12.2 Å². The summed E-state index contributed by atoms with van der Waals surface area (Å²) >= 11 is 0. The molecule has 0 aliphatic carbocycles. The molecule has 4 N–H and O–H groups in total. The fraction of sp³-hybridized carbons (Fsp3) is 0.333. The van der Waals surface area contributed by atoms with Crippen LogP contribution in [0, 0.1) is 6.92 Å². The van der Waals surface area contributed by atoms with Crippen molar-refractivity contribution in [3.8, 4) is 0 Å². The van der Waals surface area contributed by atoms with E-state index in [0.29, 0.717) is 11.6 Å². The van der Waals surface area contributed by atoms with Gasteiger partial charge in [-0.1, -0.05) is 18.2 Å². The number of nitrogens with one attached hydrogen (secondary N) is 2. The molecule has 6 heteroatoms. The molecule has 1 aromatic carbocycles. The van der Waals surface area contributed by atoms with Crippen molar-refractivity contribution in [3.05, 3.63) is 42.2 Å². The minimum Gasteiger partial charge on any atom is -0.375 e. The van der Waals surface area contributed by atoms with E-state index < -0.39 is 0 Å². The minimum absolute atomic E-state index is 0.617. The summed E-state index contributed by atoms with van der Waals surface area (Å²) in [4.78, 5) is 10.7. The van der Waals surface area contributed by atoms with Gasteiger partial charge in [0.25, 0.3) is 0 Å². The van der Waals surface area contributed by atoms with E-state index in [1.165, 1.54) is 5.69 Å². The minimum atomic E-state index is 0.617. The number of nitrogen functional groups attached to an aromatic ring is 1. The molecule has 0 fully saturated rings. The van der Waals surface area contributed by atoms with Gasteiger partial charge >= 0.3 is 0 Å². The summed E-state index contributed by atoms with van der Waals surface area (Å²) in [6, 6.07) is 12.2. The van der Waals surface area contributed by atoms with Crippen LogP contribution in [-0.4, -0.2) is 30.1 Å². The van der Waals surface area contributed by atoms with Crippen LogP contribution in [0.2, 0.25) is 0 Å². The van der Waals surface area contributed by atoms with Crippen LogP contribution in [-0.2, 0) is 0 Å². The first-order valence-electron chi connectivity index (χ1n) is 7.01. The van der Waals surface area contributed by atoms with Crippen molar-refractivity contribution in [3.63, 3.8) is 0 Å². The molecular weight excluding hydrogens is 264 g/mol. The van der Waals surface area contributed by atoms with E-state index in [2.05, 4.69) is 56.9 Å². The van der Waals surface area contributed by atoms with Crippen LogP contribution in [0.3, 0.4) is 0 Å². The molecule has 0 saturated carbocycles. The Kier molecular flexibility index (Phi) is 5.34. The largest absolute Gasteiger partial charge is 0.375 e. The smallest absolute Gasteiger partial charge is 0.145 e. The Morgan fingerprint density at radius 2 is 1.86 bits per heavy atom. The molecule has 0 aliphatic heterocycles. The van der Waals surface area contributed by atoms with Crippen LogP contribution >= 0.6 is 0 Å². The van der Waals surface area contributed by atoms with Gasteiger partial charge in [0, 0.05) is 31.9 Å². The van der Waals surface area contributed by atoms with Crippen LogP contribution in [0.5, 0.6) is 0 Å². The molecule has 21 heavy (non-hydrogen) atoms. The average molecular weight is 286 g/mol. The summed E-state index contributed by atoms with van der Waals surface area (Å²) in [5.41, 5.74) is 3.77. The van der Waals surface area contributed by atoms with E-state index in [-0.39, 0.29) is 0 Å². The van der Waals surface area contributed by atoms with Gasteiger partial charge in [-0.05, 0) is 25.5 Å². The van der Waals surface area contributed by atoms with Gasteiger partial charge in [0.15, 0.2) is 0 Å². The molecule has 0 saturated heterocycles. The zero-order valence-electron chi connectivity index (χ0n) is 12.5. The Hall–Kier alpha value is -2.34. The van der Waals surface area contributed by atoms with Crippen molar-refractivity contribution in [2.45, 2.75) is 13.3 Å². The zero-order chi connectivity index (χ0) is 15.1. The second kappa shape index (κ2) is 7.44. The normalized spacial score (nSPS) is 10.2. The summed E-state index contributed by atoms with van der Waals surface area (Å²) in [6.07, 6.45) is 1.01. The van der Waals surface area contributed by atoms with E-state index >= 15 is 0 Å². The van der Waals surface area contributed by atoms with E-state index in [4.69, 9.17) is 5.84 Å². The maximum Gasteiger partial charge on any atom is 0.145 e. The summed E-state index contributed by atoms with van der Waals surface area (Å²) in [5.74, 6) is 7.47. The maximum atomic E-state index is 5.37. The number of benzene rings is 1. The van der Waals surface area contributed by atoms with Gasteiger partial charge in [-0.2, -0.15) is 0 Å². The third-order valence-electron chi connectivity index (χ3n) is 3.16. The molecule has 0 amide bonds. The SMILES string of the molecule is Cc1nc(NN)cc(NCCCN(C)c2ccccc2)n1. The van der Waals surface area contributed by atoms with Crippen molar-refractivity contribution in [2.24, 2.45) is 5.84 Å². The maximum absolute atomic E-state index is 5.37. The number of aromatic nitrogens is 2. The summed E-state index contributed by atoms with van der Waals surface area (Å²) in [6.45, 7) is 3.66. The average Bonchev–Trinajstić information content (AvgIpc) is 2.51. The van der Waals surface area contributed by atoms with E-state index in [1.807, 2.05) is 13.0 Å². The number of hydrazine groups is 1. The molecule has 6 nitrogen and oxygen atoms in total. The van der Waals surface area contributed by atoms with Crippen molar-refractivity contribution < 1.29 is 0 Å². The fourth-order valence-corrected chi connectivity index (χ4v) is 2.08. The predicted octanol–water partition coefficient (Wildman–Crippen LogP) is 2.01. The molecule has 1 heterocycles. The topological polar surface area (TPSA) is 79.1 Å². The lowest BCUT2D eigenvalue weighted by molar-refractivity contribution is 0.813. The Morgan fingerprint density at radius 1 is 1.14 bits per heavy atom. The quantitative estimate of drug-likeness (QED) is 0.410. The Balaban J connectivity index is 1.78. The lowest BCUT2D eigenvalue weighted by Crippen LogP contribution is -2.21. The van der Waals surface area contributed by atoms with E-state index in [1.54, 1.807) is 6.07 Å². The highest BCUT2D eigenvalue weighted by atomic mass is 15.3. The predicted molar refractivity (Wildman–Crippen MR) is 87.4 cm³/mol. The van der Waals surface area contributed by atoms with Gasteiger partial charge in [-0.25, -0.2) is 15.8 Å².